The Balaban J connectivity index is 1.36. The van der Waals surface area contributed by atoms with Crippen molar-refractivity contribution in [3.05, 3.63) is 79.4 Å². The number of hydrogen-bond donors (Lipinski definition) is 1. The summed E-state index contributed by atoms with van der Waals surface area (Å²) >= 11 is 0. The Morgan fingerprint density at radius 3 is 2.77 bits per heavy atom. The lowest BCUT2D eigenvalue weighted by Crippen LogP contribution is -2.29. The molecule has 9 heteroatoms. The molecule has 1 aromatic carbocycles. The molecule has 0 aliphatic carbocycles. The van der Waals surface area contributed by atoms with Crippen molar-refractivity contribution in [1.82, 2.24) is 24.3 Å². The molecule has 0 saturated carbocycles. The number of ether oxygens (including phenoxy) is 1. The first kappa shape index (κ1) is 21.0. The lowest BCUT2D eigenvalue weighted by atomic mass is 10.1. The number of nitrogens with zero attached hydrogens (tertiary/aromatic N) is 5. The minimum absolute atomic E-state index is 0.0287. The van der Waals surface area contributed by atoms with E-state index >= 15 is 0 Å². The van der Waals surface area contributed by atoms with Crippen LogP contribution in [0.2, 0.25) is 0 Å². The number of benzene rings is 1. The molecular formula is C26H20FN5O3. The average Bonchev–Trinajstić information content (AvgIpc) is 3.48. The van der Waals surface area contributed by atoms with E-state index in [1.165, 1.54) is 0 Å². The third kappa shape index (κ3) is 3.80. The van der Waals surface area contributed by atoms with Crippen molar-refractivity contribution in [3.63, 3.8) is 0 Å². The number of pyridine rings is 3. The lowest BCUT2D eigenvalue weighted by molar-refractivity contribution is 0.136. The van der Waals surface area contributed by atoms with Crippen molar-refractivity contribution in [1.29, 1.82) is 0 Å². The zero-order chi connectivity index (χ0) is 23.9. The summed E-state index contributed by atoms with van der Waals surface area (Å²) < 4.78 is 22.3. The first-order valence-electron chi connectivity index (χ1n) is 11.1. The number of aromatic nitrogens is 4. The molecule has 5 heterocycles. The van der Waals surface area contributed by atoms with Crippen molar-refractivity contribution < 1.29 is 19.0 Å². The molecule has 1 fully saturated rings. The van der Waals surface area contributed by atoms with Gasteiger partial charge in [0.1, 0.15) is 23.0 Å². The molecule has 1 aliphatic heterocycles. The highest BCUT2D eigenvalue weighted by molar-refractivity contribution is 5.86. The molecule has 0 bridgehead atoms. The van der Waals surface area contributed by atoms with E-state index in [2.05, 4.69) is 9.97 Å². The maximum Gasteiger partial charge on any atom is 0.407 e. The maximum absolute atomic E-state index is 14.5. The van der Waals surface area contributed by atoms with Crippen LogP contribution in [0.15, 0.2) is 79.4 Å². The van der Waals surface area contributed by atoms with Crippen molar-refractivity contribution in [2.75, 3.05) is 13.1 Å². The van der Waals surface area contributed by atoms with Crippen molar-refractivity contribution >= 4 is 22.6 Å². The maximum atomic E-state index is 14.5. The van der Waals surface area contributed by atoms with Gasteiger partial charge in [-0.1, -0.05) is 24.3 Å². The molecule has 5 aromatic rings. The Bertz CT molecular complexity index is 1560. The number of fused-ring (bicyclic) bond motifs is 2. The molecule has 174 valence electrons. The summed E-state index contributed by atoms with van der Waals surface area (Å²) in [7, 11) is 0. The SMILES string of the molecule is O=C(O)N1CC(F)C(Oc2cccc3ccc(-c4cnc5cc(-c6cccnc6)ccn45)nc23)C1. The Morgan fingerprint density at radius 1 is 1.06 bits per heavy atom. The van der Waals surface area contributed by atoms with Crippen LogP contribution in [-0.2, 0) is 0 Å². The van der Waals surface area contributed by atoms with Gasteiger partial charge in [0.25, 0.3) is 0 Å². The molecule has 0 spiro atoms. The van der Waals surface area contributed by atoms with Gasteiger partial charge in [0, 0.05) is 29.5 Å². The summed E-state index contributed by atoms with van der Waals surface area (Å²) in [4.78, 5) is 25.8. The van der Waals surface area contributed by atoms with Crippen LogP contribution >= 0.6 is 0 Å². The van der Waals surface area contributed by atoms with Gasteiger partial charge < -0.3 is 14.7 Å². The number of hydrogen-bond acceptors (Lipinski definition) is 5. The number of carbonyl (C=O) groups is 1. The Kier molecular flexibility index (Phi) is 5.02. The molecule has 8 nitrogen and oxygen atoms in total. The van der Waals surface area contributed by atoms with E-state index < -0.39 is 18.4 Å². The Labute approximate surface area is 199 Å². The van der Waals surface area contributed by atoms with Crippen LogP contribution in [-0.4, -0.2) is 60.8 Å². The second-order valence-electron chi connectivity index (χ2n) is 8.41. The van der Waals surface area contributed by atoms with Crippen LogP contribution in [0, 0.1) is 0 Å². The number of amides is 1. The Hall–Kier alpha value is -4.53. The molecule has 1 saturated heterocycles. The fraction of sp³-hybridized carbons (Fsp3) is 0.154. The average molecular weight is 469 g/mol. The predicted molar refractivity (Wildman–Crippen MR) is 128 cm³/mol. The number of carboxylic acid groups (broad SMARTS) is 1. The highest BCUT2D eigenvalue weighted by Gasteiger charge is 2.37. The van der Waals surface area contributed by atoms with E-state index in [9.17, 15) is 14.3 Å². The largest absolute Gasteiger partial charge is 0.483 e. The van der Waals surface area contributed by atoms with E-state index in [4.69, 9.17) is 9.72 Å². The first-order valence-corrected chi connectivity index (χ1v) is 11.1. The first-order chi connectivity index (χ1) is 17.1. The van der Waals surface area contributed by atoms with Gasteiger partial charge in [-0.15, -0.1) is 0 Å². The predicted octanol–water partition coefficient (Wildman–Crippen LogP) is 4.69. The zero-order valence-electron chi connectivity index (χ0n) is 18.5. The molecule has 0 radical (unpaired) electrons. The molecule has 2 atom stereocenters. The topological polar surface area (TPSA) is 92.8 Å². The zero-order valence-corrected chi connectivity index (χ0v) is 18.5. The highest BCUT2D eigenvalue weighted by Crippen LogP contribution is 2.31. The molecule has 6 rings (SSSR count). The van der Waals surface area contributed by atoms with Gasteiger partial charge in [0.05, 0.1) is 30.7 Å². The summed E-state index contributed by atoms with van der Waals surface area (Å²) in [6, 6.07) is 17.2. The fourth-order valence-electron chi connectivity index (χ4n) is 4.41. The van der Waals surface area contributed by atoms with Crippen LogP contribution in [0.1, 0.15) is 0 Å². The van der Waals surface area contributed by atoms with Gasteiger partial charge in [0.2, 0.25) is 0 Å². The van der Waals surface area contributed by atoms with Gasteiger partial charge in [-0.05, 0) is 35.9 Å². The number of rotatable bonds is 4. The summed E-state index contributed by atoms with van der Waals surface area (Å²) in [6.45, 7) is -0.231. The smallest absolute Gasteiger partial charge is 0.407 e. The van der Waals surface area contributed by atoms with Crippen LogP contribution in [0.25, 0.3) is 39.1 Å². The minimum atomic E-state index is -1.41. The van der Waals surface area contributed by atoms with E-state index in [0.29, 0.717) is 17.0 Å². The third-order valence-corrected chi connectivity index (χ3v) is 6.20. The minimum Gasteiger partial charge on any atom is -0.483 e. The third-order valence-electron chi connectivity index (χ3n) is 6.20. The molecule has 4 aromatic heterocycles. The number of halogens is 1. The van der Waals surface area contributed by atoms with Crippen LogP contribution in [0.4, 0.5) is 9.18 Å². The molecule has 2 unspecified atom stereocenters. The Morgan fingerprint density at radius 2 is 1.97 bits per heavy atom. The standard InChI is InChI=1S/C26H20FN5O3/c27-19-14-31(26(33)34)15-23(19)35-22-5-1-3-16-6-7-20(30-25(16)22)21-13-29-24-11-17(8-10-32(21)24)18-4-2-9-28-12-18/h1-13,19,23H,14-15H2,(H,33,34). The summed E-state index contributed by atoms with van der Waals surface area (Å²) in [5, 5.41) is 10.0. The van der Waals surface area contributed by atoms with Crippen molar-refractivity contribution in [3.8, 4) is 28.3 Å². The fourth-order valence-corrected chi connectivity index (χ4v) is 4.41. The van der Waals surface area contributed by atoms with Crippen LogP contribution in [0.3, 0.4) is 0 Å². The number of alkyl halides is 1. The van der Waals surface area contributed by atoms with Crippen LogP contribution < -0.4 is 4.74 Å². The lowest BCUT2D eigenvalue weighted by Gasteiger charge is -2.16. The van der Waals surface area contributed by atoms with E-state index in [-0.39, 0.29) is 13.1 Å². The van der Waals surface area contributed by atoms with E-state index in [1.807, 2.05) is 65.3 Å². The molecular weight excluding hydrogens is 449 g/mol. The van der Waals surface area contributed by atoms with Gasteiger partial charge in [-0.25, -0.2) is 19.2 Å². The van der Waals surface area contributed by atoms with E-state index in [0.717, 1.165) is 32.8 Å². The summed E-state index contributed by atoms with van der Waals surface area (Å²) in [5.41, 5.74) is 4.85. The summed E-state index contributed by atoms with van der Waals surface area (Å²) in [5.74, 6) is 0.414. The van der Waals surface area contributed by atoms with Gasteiger partial charge in [-0.3, -0.25) is 9.38 Å². The number of likely N-dealkylation sites (tertiary alicyclic amines) is 1. The monoisotopic (exact) mass is 469 g/mol. The van der Waals surface area contributed by atoms with Gasteiger partial charge in [0.15, 0.2) is 6.17 Å². The second kappa shape index (κ2) is 8.35. The van der Waals surface area contributed by atoms with E-state index in [1.54, 1.807) is 18.5 Å². The molecule has 1 amide bonds. The summed E-state index contributed by atoms with van der Waals surface area (Å²) in [6.07, 6.45) is 3.81. The quantitative estimate of drug-likeness (QED) is 0.411. The highest BCUT2D eigenvalue weighted by atomic mass is 19.1. The second-order valence-corrected chi connectivity index (χ2v) is 8.41. The number of imidazole rings is 1. The molecule has 35 heavy (non-hydrogen) atoms. The van der Waals surface area contributed by atoms with Gasteiger partial charge in [-0.2, -0.15) is 0 Å². The normalized spacial score (nSPS) is 17.8. The van der Waals surface area contributed by atoms with Crippen molar-refractivity contribution in [2.45, 2.75) is 12.3 Å². The van der Waals surface area contributed by atoms with Crippen molar-refractivity contribution in [2.24, 2.45) is 0 Å². The molecule has 1 N–H and O–H groups in total. The number of para-hydroxylation sites is 1. The van der Waals surface area contributed by atoms with Gasteiger partial charge >= 0.3 is 6.09 Å². The molecule has 1 aliphatic rings. The van der Waals surface area contributed by atoms with Crippen LogP contribution in [0.5, 0.6) is 5.75 Å².